The van der Waals surface area contributed by atoms with E-state index in [1.807, 2.05) is 0 Å². The number of ether oxygens (including phenoxy) is 1. The molecule has 0 aliphatic carbocycles. The van der Waals surface area contributed by atoms with Crippen molar-refractivity contribution in [3.05, 3.63) is 29.9 Å². The Bertz CT molecular complexity index is 234. The smallest absolute Gasteiger partial charge is 0.286 e. The first-order chi connectivity index (χ1) is 4.84. The Morgan fingerprint density at radius 3 is 3.10 bits per heavy atom. The molecule has 1 aliphatic rings. The van der Waals surface area contributed by atoms with Gasteiger partial charge in [0.2, 0.25) is 0 Å². The van der Waals surface area contributed by atoms with Crippen molar-refractivity contribution in [3.63, 3.8) is 0 Å². The normalized spacial score (nSPS) is 13.9. The molecule has 3 heteroatoms. The van der Waals surface area contributed by atoms with Gasteiger partial charge in [-0.25, -0.2) is 0 Å². The average molecular weight is 137 g/mol. The van der Waals surface area contributed by atoms with Crippen LogP contribution in [0.4, 0.5) is 0 Å². The minimum absolute atomic E-state index is 0.228. The number of likely N-dealkylation sites (N-methyl/N-ethyl adjacent to an activating group) is 1. The van der Waals surface area contributed by atoms with Crippen LogP contribution < -0.4 is 5.32 Å². The minimum atomic E-state index is -0.228. The third-order valence-electron chi connectivity index (χ3n) is 1.04. The van der Waals surface area contributed by atoms with Gasteiger partial charge in [-0.1, -0.05) is 5.73 Å². The lowest BCUT2D eigenvalue weighted by molar-refractivity contribution is -0.119. The van der Waals surface area contributed by atoms with Gasteiger partial charge in [0.25, 0.3) is 5.91 Å². The second-order valence-electron chi connectivity index (χ2n) is 1.68. The van der Waals surface area contributed by atoms with Crippen LogP contribution in [-0.2, 0) is 9.53 Å². The Kier molecular flexibility index (Phi) is 1.92. The Balaban J connectivity index is 2.68. The van der Waals surface area contributed by atoms with Gasteiger partial charge in [0.15, 0.2) is 5.76 Å². The van der Waals surface area contributed by atoms with Crippen LogP contribution in [0.25, 0.3) is 0 Å². The highest BCUT2D eigenvalue weighted by molar-refractivity contribution is 5.91. The fourth-order valence-electron chi connectivity index (χ4n) is 0.552. The molecule has 0 aromatic carbocycles. The summed E-state index contributed by atoms with van der Waals surface area (Å²) in [7, 11) is 1.55. The third-order valence-corrected chi connectivity index (χ3v) is 1.04. The van der Waals surface area contributed by atoms with Crippen molar-refractivity contribution in [2.24, 2.45) is 0 Å². The molecule has 1 aliphatic heterocycles. The zero-order valence-corrected chi connectivity index (χ0v) is 5.55. The van der Waals surface area contributed by atoms with Gasteiger partial charge >= 0.3 is 0 Å². The Morgan fingerprint density at radius 2 is 2.60 bits per heavy atom. The summed E-state index contributed by atoms with van der Waals surface area (Å²) in [5.41, 5.74) is 2.67. The fourth-order valence-corrected chi connectivity index (χ4v) is 0.552. The van der Waals surface area contributed by atoms with Crippen molar-refractivity contribution in [3.8, 4) is 0 Å². The minimum Gasteiger partial charge on any atom is -0.451 e. The van der Waals surface area contributed by atoms with Crippen LogP contribution in [0.2, 0.25) is 0 Å². The Hall–Kier alpha value is -1.47. The molecule has 0 atom stereocenters. The molecule has 0 aromatic rings. The van der Waals surface area contributed by atoms with E-state index in [9.17, 15) is 4.79 Å². The summed E-state index contributed by atoms with van der Waals surface area (Å²) in [6.45, 7) is 0. The van der Waals surface area contributed by atoms with Crippen LogP contribution in [0, 0.1) is 0 Å². The molecule has 0 unspecified atom stereocenters. The predicted octanol–water partition coefficient (Wildman–Crippen LogP) is 0.315. The lowest BCUT2D eigenvalue weighted by Crippen LogP contribution is -2.20. The van der Waals surface area contributed by atoms with Crippen LogP contribution in [0.1, 0.15) is 0 Å². The lowest BCUT2D eigenvalue weighted by atomic mass is 10.4. The van der Waals surface area contributed by atoms with E-state index >= 15 is 0 Å². The third kappa shape index (κ3) is 1.27. The number of hydrogen-bond acceptors (Lipinski definition) is 2. The van der Waals surface area contributed by atoms with Crippen molar-refractivity contribution in [2.45, 2.75) is 0 Å². The molecule has 10 heavy (non-hydrogen) atoms. The maximum absolute atomic E-state index is 10.8. The lowest BCUT2D eigenvalue weighted by Gasteiger charge is -2.03. The molecule has 1 amide bonds. The highest BCUT2D eigenvalue weighted by Crippen LogP contribution is 2.01. The number of rotatable bonds is 1. The monoisotopic (exact) mass is 137 g/mol. The van der Waals surface area contributed by atoms with Gasteiger partial charge in [-0.3, -0.25) is 4.79 Å². The van der Waals surface area contributed by atoms with Crippen molar-refractivity contribution in [1.82, 2.24) is 5.32 Å². The van der Waals surface area contributed by atoms with Gasteiger partial charge in [-0.05, 0) is 12.2 Å². The first-order valence-corrected chi connectivity index (χ1v) is 2.84. The highest BCUT2D eigenvalue weighted by atomic mass is 16.5. The van der Waals surface area contributed by atoms with Crippen LogP contribution in [0.15, 0.2) is 29.9 Å². The summed E-state index contributed by atoms with van der Waals surface area (Å²) in [4.78, 5) is 10.8. The van der Waals surface area contributed by atoms with Crippen LogP contribution in [-0.4, -0.2) is 13.0 Å². The molecule has 1 N–H and O–H groups in total. The van der Waals surface area contributed by atoms with Gasteiger partial charge in [0.05, 0.1) is 0 Å². The second-order valence-corrected chi connectivity index (χ2v) is 1.68. The van der Waals surface area contributed by atoms with E-state index in [2.05, 4.69) is 11.0 Å². The van der Waals surface area contributed by atoms with E-state index in [1.165, 1.54) is 6.26 Å². The molecular weight excluding hydrogens is 130 g/mol. The maximum atomic E-state index is 10.8. The molecule has 1 rings (SSSR count). The topological polar surface area (TPSA) is 38.3 Å². The Labute approximate surface area is 58.7 Å². The number of allylic oxidation sites excluding steroid dienone is 2. The second kappa shape index (κ2) is 2.90. The number of hydrogen-bond donors (Lipinski definition) is 1. The first kappa shape index (κ1) is 6.65. The van der Waals surface area contributed by atoms with E-state index in [0.29, 0.717) is 5.76 Å². The summed E-state index contributed by atoms with van der Waals surface area (Å²) in [6.07, 6.45) is 4.51. The highest BCUT2D eigenvalue weighted by Gasteiger charge is 2.06. The summed E-state index contributed by atoms with van der Waals surface area (Å²) in [5.74, 6) is 0.0650. The summed E-state index contributed by atoms with van der Waals surface area (Å²) in [6, 6.07) is 0. The molecule has 3 nitrogen and oxygen atoms in total. The molecule has 0 bridgehead atoms. The number of nitrogens with one attached hydrogen (secondary N) is 1. The summed E-state index contributed by atoms with van der Waals surface area (Å²) < 4.78 is 4.81. The maximum Gasteiger partial charge on any atom is 0.286 e. The molecule has 0 radical (unpaired) electrons. The van der Waals surface area contributed by atoms with Gasteiger partial charge in [-0.2, -0.15) is 0 Å². The van der Waals surface area contributed by atoms with Crippen molar-refractivity contribution < 1.29 is 9.53 Å². The standard InChI is InChI=1S/C7H7NO2/c1-8-7(9)6-4-2-3-5-10-6/h2,4-5H,1H3,(H,8,9). The van der Waals surface area contributed by atoms with Crippen LogP contribution in [0.5, 0.6) is 0 Å². The van der Waals surface area contributed by atoms with Crippen LogP contribution in [0.3, 0.4) is 0 Å². The number of amides is 1. The molecule has 0 saturated carbocycles. The molecule has 52 valence electrons. The van der Waals surface area contributed by atoms with Gasteiger partial charge < -0.3 is 10.1 Å². The SMILES string of the molecule is CNC(=O)C1=CC=C=CO1. The van der Waals surface area contributed by atoms with Gasteiger partial charge in [-0.15, -0.1) is 0 Å². The Morgan fingerprint density at radius 1 is 1.80 bits per heavy atom. The summed E-state index contributed by atoms with van der Waals surface area (Å²) in [5, 5.41) is 2.43. The van der Waals surface area contributed by atoms with E-state index in [1.54, 1.807) is 19.2 Å². The number of carbonyl (C=O) groups is 1. The fraction of sp³-hybridized carbons (Fsp3) is 0.143. The molecule has 1 heterocycles. The van der Waals surface area contributed by atoms with E-state index in [4.69, 9.17) is 4.74 Å². The van der Waals surface area contributed by atoms with E-state index in [0.717, 1.165) is 0 Å². The zero-order valence-electron chi connectivity index (χ0n) is 5.55. The number of carbonyl (C=O) groups excluding carboxylic acids is 1. The van der Waals surface area contributed by atoms with E-state index in [-0.39, 0.29) is 5.91 Å². The largest absolute Gasteiger partial charge is 0.451 e. The van der Waals surface area contributed by atoms with Crippen LogP contribution >= 0.6 is 0 Å². The molecule has 0 aromatic heterocycles. The van der Waals surface area contributed by atoms with Crippen molar-refractivity contribution in [1.29, 1.82) is 0 Å². The van der Waals surface area contributed by atoms with Crippen molar-refractivity contribution in [2.75, 3.05) is 7.05 Å². The summed E-state index contributed by atoms with van der Waals surface area (Å²) >= 11 is 0. The molecular formula is C7H7NO2. The van der Waals surface area contributed by atoms with Gasteiger partial charge in [0, 0.05) is 7.05 Å². The molecule has 0 fully saturated rings. The average Bonchev–Trinajstić information content (AvgIpc) is 2.05. The molecule has 0 saturated heterocycles. The van der Waals surface area contributed by atoms with Crippen molar-refractivity contribution >= 4 is 5.91 Å². The first-order valence-electron chi connectivity index (χ1n) is 2.84. The quantitative estimate of drug-likeness (QED) is 0.528. The molecule has 0 spiro atoms. The zero-order chi connectivity index (χ0) is 7.40. The van der Waals surface area contributed by atoms with E-state index < -0.39 is 0 Å². The van der Waals surface area contributed by atoms with Gasteiger partial charge in [0.1, 0.15) is 6.26 Å². The predicted molar refractivity (Wildman–Crippen MR) is 35.9 cm³/mol.